The van der Waals surface area contributed by atoms with Crippen molar-refractivity contribution in [1.29, 1.82) is 0 Å². The third kappa shape index (κ3) is 7.36. The van der Waals surface area contributed by atoms with Crippen molar-refractivity contribution in [3.63, 3.8) is 0 Å². The van der Waals surface area contributed by atoms with E-state index in [1.807, 2.05) is 18.2 Å². The van der Waals surface area contributed by atoms with Crippen LogP contribution in [0.15, 0.2) is 81.4 Å². The fraction of sp³-hybridized carbons (Fsp3) is 0.296. The highest BCUT2D eigenvalue weighted by Crippen LogP contribution is 2.48. The third-order valence-electron chi connectivity index (χ3n) is 6.73. The Kier molecular flexibility index (Phi) is 9.57. The molecule has 3 heterocycles. The van der Waals surface area contributed by atoms with E-state index in [0.717, 1.165) is 23.2 Å². The molecule has 0 aliphatic carbocycles. The van der Waals surface area contributed by atoms with Crippen LogP contribution >= 0.6 is 19.5 Å². The largest absolute Gasteiger partial charge is 0.459 e. The van der Waals surface area contributed by atoms with Gasteiger partial charge < -0.3 is 34.5 Å². The Morgan fingerprint density at radius 2 is 2.00 bits per heavy atom. The number of aliphatic hydroxyl groups is 2. The van der Waals surface area contributed by atoms with Crippen molar-refractivity contribution >= 4 is 54.4 Å². The van der Waals surface area contributed by atoms with E-state index < -0.39 is 60.0 Å². The van der Waals surface area contributed by atoms with E-state index >= 15 is 0 Å². The molecule has 0 spiro atoms. The first-order chi connectivity index (χ1) is 21.4. The van der Waals surface area contributed by atoms with E-state index in [0.29, 0.717) is 5.39 Å². The number of fused-ring (bicyclic) bond motifs is 1. The van der Waals surface area contributed by atoms with Crippen LogP contribution in [0.3, 0.4) is 0 Å². The zero-order chi connectivity index (χ0) is 32.3. The summed E-state index contributed by atoms with van der Waals surface area (Å²) < 4.78 is 36.1. The summed E-state index contributed by atoms with van der Waals surface area (Å²) in [5, 5.41) is 34.9. The quantitative estimate of drug-likeness (QED) is 0.0949. The van der Waals surface area contributed by atoms with Crippen LogP contribution in [0.1, 0.15) is 12.7 Å². The molecule has 1 saturated heterocycles. The molecule has 2 aliphatic heterocycles. The van der Waals surface area contributed by atoms with E-state index in [1.54, 1.807) is 24.3 Å². The number of nitrogens with zero attached hydrogens (tertiary/aromatic N) is 4. The summed E-state index contributed by atoms with van der Waals surface area (Å²) in [6, 6.07) is 13.5. The molecule has 5 N–H and O–H groups in total. The third-order valence-corrected chi connectivity index (χ3v) is 9.91. The van der Waals surface area contributed by atoms with Crippen LogP contribution in [0.5, 0.6) is 5.75 Å². The number of carbonyl (C=O) groups is 1. The van der Waals surface area contributed by atoms with E-state index in [4.69, 9.17) is 23.9 Å². The van der Waals surface area contributed by atoms with Crippen LogP contribution < -0.4 is 15.3 Å². The van der Waals surface area contributed by atoms with Gasteiger partial charge in [0, 0.05) is 5.39 Å². The summed E-state index contributed by atoms with van der Waals surface area (Å²) in [6.07, 6.45) is -1.28. The van der Waals surface area contributed by atoms with Gasteiger partial charge in [-0.2, -0.15) is 10.1 Å². The van der Waals surface area contributed by atoms with E-state index in [2.05, 4.69) is 21.7 Å². The molecule has 0 amide bonds. The summed E-state index contributed by atoms with van der Waals surface area (Å²) in [6.45, 7) is 4.37. The van der Waals surface area contributed by atoms with Gasteiger partial charge in [0.05, 0.1) is 24.0 Å². The molecule has 45 heavy (non-hydrogen) atoms. The SMILES string of the molecule is C=C1N=C(N)N=CN1[C@@H]1S[C@H](COP(=O)(N[C@@H](C)C(=O)OCc2ccc([N+](=O)[O-])o2)Oc2cccc3ccccc23)[C@H](O)C1O. The number of furan rings is 1. The molecule has 6 atom stereocenters. The number of ether oxygens (including phenoxy) is 1. The molecule has 1 aromatic heterocycles. The summed E-state index contributed by atoms with van der Waals surface area (Å²) >= 11 is 1.11. The first-order valence-electron chi connectivity index (χ1n) is 13.4. The molecule has 18 heteroatoms. The first kappa shape index (κ1) is 32.2. The summed E-state index contributed by atoms with van der Waals surface area (Å²) in [5.41, 5.74) is 5.60. The van der Waals surface area contributed by atoms with Crippen LogP contribution in [-0.2, 0) is 25.2 Å². The standard InChI is InChI=1S/C27H29N6O10PS/c1-15(26(36)40-12-18-10-11-22(42-18)33(37)38)31-44(39,43-20-9-5-7-17-6-3-4-8-19(17)20)41-13-21-23(34)24(35)25(45-21)32-14-29-27(28)30-16(32)2/h3-11,14-15,21,23-25,34-35H,2,12-13H2,1H3,(H2,28,30)(H,31,39)/t15-,21+,23-,24?,25+,44?/m0/s1. The highest BCUT2D eigenvalue weighted by atomic mass is 32.2. The molecule has 0 radical (unpaired) electrons. The second-order valence-electron chi connectivity index (χ2n) is 9.90. The van der Waals surface area contributed by atoms with E-state index in [9.17, 15) is 29.7 Å². The number of nitro groups is 1. The van der Waals surface area contributed by atoms with Gasteiger partial charge >= 0.3 is 19.6 Å². The van der Waals surface area contributed by atoms with Crippen molar-refractivity contribution in [3.8, 4) is 5.75 Å². The lowest BCUT2D eigenvalue weighted by Crippen LogP contribution is -2.43. The Labute approximate surface area is 260 Å². The molecular weight excluding hydrogens is 631 g/mol. The highest BCUT2D eigenvalue weighted by Gasteiger charge is 2.47. The minimum absolute atomic E-state index is 0.00936. The molecule has 238 valence electrons. The normalized spacial score (nSPS) is 23.4. The first-order valence-corrected chi connectivity index (χ1v) is 15.9. The number of nitrogens with one attached hydrogen (secondary N) is 1. The average Bonchev–Trinajstić information content (AvgIpc) is 3.60. The highest BCUT2D eigenvalue weighted by molar-refractivity contribution is 8.00. The lowest BCUT2D eigenvalue weighted by molar-refractivity contribution is -0.402. The van der Waals surface area contributed by atoms with Crippen LogP contribution in [0.4, 0.5) is 5.88 Å². The number of rotatable bonds is 12. The monoisotopic (exact) mass is 660 g/mol. The van der Waals surface area contributed by atoms with Gasteiger partial charge in [0.15, 0.2) is 0 Å². The van der Waals surface area contributed by atoms with Gasteiger partial charge in [-0.05, 0) is 24.4 Å². The number of carbonyl (C=O) groups excluding carboxylic acids is 1. The van der Waals surface area contributed by atoms with Crippen molar-refractivity contribution in [2.45, 2.75) is 42.4 Å². The number of hydrogen-bond donors (Lipinski definition) is 4. The van der Waals surface area contributed by atoms with Crippen molar-refractivity contribution in [2.75, 3.05) is 6.61 Å². The number of hydrogen-bond acceptors (Lipinski definition) is 15. The van der Waals surface area contributed by atoms with E-state index in [-0.39, 0.29) is 29.9 Å². The predicted molar refractivity (Wildman–Crippen MR) is 164 cm³/mol. The Morgan fingerprint density at radius 3 is 2.73 bits per heavy atom. The van der Waals surface area contributed by atoms with Gasteiger partial charge in [-0.25, -0.2) is 9.56 Å². The summed E-state index contributed by atoms with van der Waals surface area (Å²) in [5.74, 6) is -0.972. The van der Waals surface area contributed by atoms with Crippen molar-refractivity contribution in [1.82, 2.24) is 9.99 Å². The zero-order valence-electron chi connectivity index (χ0n) is 23.7. The molecule has 0 saturated carbocycles. The number of aliphatic imine (C=N–C) groups is 2. The topological polar surface area (TPSA) is 225 Å². The molecule has 3 aromatic rings. The maximum atomic E-state index is 14.2. The Balaban J connectivity index is 1.31. The van der Waals surface area contributed by atoms with Gasteiger partial charge in [0.2, 0.25) is 5.96 Å². The summed E-state index contributed by atoms with van der Waals surface area (Å²) in [7, 11) is -4.40. The lowest BCUT2D eigenvalue weighted by Gasteiger charge is -2.29. The second-order valence-corrected chi connectivity index (χ2v) is 13.0. The molecule has 1 fully saturated rings. The van der Waals surface area contributed by atoms with Crippen LogP contribution in [-0.4, -0.2) is 73.8 Å². The average molecular weight is 661 g/mol. The van der Waals surface area contributed by atoms with Gasteiger partial charge in [-0.3, -0.25) is 19.4 Å². The number of aliphatic hydroxyl groups excluding tert-OH is 2. The Bertz CT molecular complexity index is 1710. The number of benzene rings is 2. The maximum absolute atomic E-state index is 14.2. The number of guanidine groups is 1. The summed E-state index contributed by atoms with van der Waals surface area (Å²) in [4.78, 5) is 32.3. The second kappa shape index (κ2) is 13.4. The van der Waals surface area contributed by atoms with Crippen molar-refractivity contribution < 1.29 is 42.7 Å². The fourth-order valence-electron chi connectivity index (χ4n) is 4.48. The molecular formula is C27H29N6O10PS. The minimum Gasteiger partial charge on any atom is -0.456 e. The van der Waals surface area contributed by atoms with Crippen molar-refractivity contribution in [3.05, 3.63) is 82.9 Å². The number of thioether (sulfide) groups is 1. The fourth-order valence-corrected chi connectivity index (χ4v) is 7.57. The lowest BCUT2D eigenvalue weighted by atomic mass is 10.1. The minimum atomic E-state index is -4.40. The molecule has 2 aliphatic rings. The Morgan fingerprint density at radius 1 is 1.24 bits per heavy atom. The van der Waals surface area contributed by atoms with Gasteiger partial charge in [-0.15, -0.1) is 11.8 Å². The van der Waals surface area contributed by atoms with Gasteiger partial charge in [-0.1, -0.05) is 43.0 Å². The van der Waals surface area contributed by atoms with Gasteiger partial charge in [0.25, 0.3) is 0 Å². The smallest absolute Gasteiger partial charge is 0.456 e. The molecule has 16 nitrogen and oxygen atoms in total. The van der Waals surface area contributed by atoms with E-state index in [1.165, 1.54) is 24.2 Å². The Hall–Kier alpha value is -4.25. The maximum Gasteiger partial charge on any atom is 0.459 e. The van der Waals surface area contributed by atoms with Gasteiger partial charge in [0.1, 0.15) is 52.7 Å². The molecule has 5 rings (SSSR count). The molecule has 2 aromatic carbocycles. The van der Waals surface area contributed by atoms with Crippen LogP contribution in [0, 0.1) is 10.1 Å². The predicted octanol–water partition coefficient (Wildman–Crippen LogP) is 2.86. The molecule has 2 unspecified atom stereocenters. The number of nitrogens with two attached hydrogens (primary N) is 1. The van der Waals surface area contributed by atoms with Crippen LogP contribution in [0.2, 0.25) is 0 Å². The zero-order valence-corrected chi connectivity index (χ0v) is 25.4. The number of esters is 1. The van der Waals surface area contributed by atoms with Crippen molar-refractivity contribution in [2.24, 2.45) is 15.7 Å². The van der Waals surface area contributed by atoms with Crippen LogP contribution in [0.25, 0.3) is 10.8 Å². The molecule has 0 bridgehead atoms.